The van der Waals surface area contributed by atoms with Gasteiger partial charge in [-0.1, -0.05) is 0 Å². The minimum absolute atomic E-state index is 0.188. The quantitative estimate of drug-likeness (QED) is 0.838. The van der Waals surface area contributed by atoms with E-state index >= 15 is 0 Å². The van der Waals surface area contributed by atoms with Crippen LogP contribution in [0.2, 0.25) is 0 Å². The molecule has 7 heteroatoms. The predicted molar refractivity (Wildman–Crippen MR) is 90.6 cm³/mol. The van der Waals surface area contributed by atoms with Crippen LogP contribution in [0.1, 0.15) is 35.1 Å². The molecule has 1 aromatic carbocycles. The van der Waals surface area contributed by atoms with E-state index in [-0.39, 0.29) is 23.3 Å². The Bertz CT molecular complexity index is 786. The molecule has 2 aromatic rings. The molecule has 1 aromatic heterocycles. The summed E-state index contributed by atoms with van der Waals surface area (Å²) in [6, 6.07) is 4.49. The van der Waals surface area contributed by atoms with E-state index in [0.29, 0.717) is 37.9 Å². The molecule has 0 spiro atoms. The highest BCUT2D eigenvalue weighted by atomic mass is 19.1. The average molecular weight is 345 g/mol. The van der Waals surface area contributed by atoms with Crippen LogP contribution in [0.4, 0.5) is 15.8 Å². The number of likely N-dealkylation sites (N-methyl/N-ethyl adjacent to an activating group) is 1. The van der Waals surface area contributed by atoms with E-state index < -0.39 is 0 Å². The fourth-order valence-corrected chi connectivity index (χ4v) is 3.39. The number of hydrogen-bond acceptors (Lipinski definition) is 5. The van der Waals surface area contributed by atoms with Crippen molar-refractivity contribution in [2.24, 2.45) is 0 Å². The molecule has 25 heavy (non-hydrogen) atoms. The number of carbonyl (C=O) groups is 1. The number of carbonyl (C=O) groups excluding carboxylic acids is 1. The zero-order valence-electron chi connectivity index (χ0n) is 14.1. The third-order valence-electron chi connectivity index (χ3n) is 4.86. The van der Waals surface area contributed by atoms with Gasteiger partial charge in [-0.2, -0.15) is 0 Å². The summed E-state index contributed by atoms with van der Waals surface area (Å²) in [5.41, 5.74) is 1.66. The predicted octanol–water partition coefficient (Wildman–Crippen LogP) is 2.80. The molecule has 1 saturated heterocycles. The molecule has 0 unspecified atom stereocenters. The van der Waals surface area contributed by atoms with Crippen molar-refractivity contribution in [3.8, 4) is 0 Å². The molecule has 132 valence electrons. The molecule has 6 nitrogen and oxygen atoms in total. The normalized spacial score (nSPS) is 18.3. The number of fused-ring (bicyclic) bond motifs is 1. The number of anilines is 2. The molecule has 0 saturated carbocycles. The van der Waals surface area contributed by atoms with Gasteiger partial charge in [0.1, 0.15) is 12.1 Å². The smallest absolute Gasteiger partial charge is 0.280 e. The summed E-state index contributed by atoms with van der Waals surface area (Å²) in [6.07, 6.45) is 3.10. The number of nitrogens with zero attached hydrogens (tertiary/aromatic N) is 3. The minimum atomic E-state index is -0.366. The van der Waals surface area contributed by atoms with Gasteiger partial charge >= 0.3 is 0 Å². The van der Waals surface area contributed by atoms with Crippen LogP contribution in [0, 0.1) is 5.82 Å². The summed E-state index contributed by atoms with van der Waals surface area (Å²) >= 11 is 0. The van der Waals surface area contributed by atoms with Gasteiger partial charge in [0.25, 0.3) is 5.91 Å². The third-order valence-corrected chi connectivity index (χ3v) is 4.86. The molecule has 0 radical (unpaired) electrons. The third kappa shape index (κ3) is 3.00. The van der Waals surface area contributed by atoms with E-state index in [9.17, 15) is 9.18 Å². The maximum absolute atomic E-state index is 13.7. The van der Waals surface area contributed by atoms with Crippen molar-refractivity contribution in [2.45, 2.75) is 18.8 Å². The molecule has 1 fully saturated rings. The Morgan fingerprint density at radius 3 is 2.84 bits per heavy atom. The van der Waals surface area contributed by atoms with Gasteiger partial charge < -0.3 is 19.0 Å². The van der Waals surface area contributed by atoms with Gasteiger partial charge in [0.15, 0.2) is 11.6 Å². The van der Waals surface area contributed by atoms with Gasteiger partial charge in [-0.05, 0) is 31.0 Å². The lowest BCUT2D eigenvalue weighted by Crippen LogP contribution is -2.42. The van der Waals surface area contributed by atoms with Gasteiger partial charge in [0.2, 0.25) is 0 Å². The van der Waals surface area contributed by atoms with Gasteiger partial charge in [-0.3, -0.25) is 4.79 Å². The summed E-state index contributed by atoms with van der Waals surface area (Å²) in [7, 11) is 1.93. The monoisotopic (exact) mass is 345 g/mol. The summed E-state index contributed by atoms with van der Waals surface area (Å²) in [5, 5.41) is 0. The minimum Gasteiger partial charge on any atom is -0.448 e. The first-order valence-electron chi connectivity index (χ1n) is 8.49. The van der Waals surface area contributed by atoms with Crippen LogP contribution in [0.25, 0.3) is 0 Å². The first kappa shape index (κ1) is 16.1. The van der Waals surface area contributed by atoms with Gasteiger partial charge in [0.05, 0.1) is 11.4 Å². The first-order valence-corrected chi connectivity index (χ1v) is 8.49. The number of oxazole rings is 1. The summed E-state index contributed by atoms with van der Waals surface area (Å²) in [4.78, 5) is 20.9. The molecule has 0 aliphatic carbocycles. The Balaban J connectivity index is 1.60. The second kappa shape index (κ2) is 6.48. The van der Waals surface area contributed by atoms with Crippen LogP contribution in [0.15, 0.2) is 28.9 Å². The molecular formula is C18H20FN3O3. The Kier molecular flexibility index (Phi) is 4.17. The van der Waals surface area contributed by atoms with Crippen molar-refractivity contribution in [3.63, 3.8) is 0 Å². The van der Waals surface area contributed by atoms with Gasteiger partial charge in [-0.15, -0.1) is 0 Å². The molecule has 3 heterocycles. The van der Waals surface area contributed by atoms with E-state index in [1.54, 1.807) is 11.0 Å². The van der Waals surface area contributed by atoms with Gasteiger partial charge in [-0.25, -0.2) is 9.37 Å². The Hall–Kier alpha value is -2.41. The second-order valence-corrected chi connectivity index (χ2v) is 6.47. The van der Waals surface area contributed by atoms with E-state index in [2.05, 4.69) is 4.98 Å². The Morgan fingerprint density at radius 1 is 1.24 bits per heavy atom. The fraction of sp³-hybridized carbons (Fsp3) is 0.444. The summed E-state index contributed by atoms with van der Waals surface area (Å²) in [6.45, 7) is 2.52. The van der Waals surface area contributed by atoms with Crippen LogP contribution in [0.3, 0.4) is 0 Å². The lowest BCUT2D eigenvalue weighted by Gasteiger charge is -2.35. The average Bonchev–Trinajstić information content (AvgIpc) is 3.12. The maximum Gasteiger partial charge on any atom is 0.280 e. The highest BCUT2D eigenvalue weighted by molar-refractivity contribution is 6.07. The molecule has 0 bridgehead atoms. The van der Waals surface area contributed by atoms with Crippen molar-refractivity contribution >= 4 is 17.3 Å². The SMILES string of the molecule is CN1CCN(C(=O)c2coc(C3CCOCC3)n2)c2cc(F)ccc21. The Labute approximate surface area is 145 Å². The van der Waals surface area contributed by atoms with E-state index in [0.717, 1.165) is 18.5 Å². The maximum atomic E-state index is 13.7. The molecule has 4 rings (SSSR count). The molecule has 2 aliphatic rings. The zero-order valence-corrected chi connectivity index (χ0v) is 14.1. The molecule has 2 aliphatic heterocycles. The zero-order chi connectivity index (χ0) is 17.4. The van der Waals surface area contributed by atoms with Crippen LogP contribution < -0.4 is 9.80 Å². The molecule has 0 N–H and O–H groups in total. The number of hydrogen-bond donors (Lipinski definition) is 0. The van der Waals surface area contributed by atoms with E-state index in [1.165, 1.54) is 18.4 Å². The standard InChI is InChI=1S/C18H20FN3O3/c1-21-6-7-22(16-10-13(19)2-3-15(16)21)18(23)14-11-25-17(20-14)12-4-8-24-9-5-12/h2-3,10-12H,4-9H2,1H3. The molecular weight excluding hydrogens is 325 g/mol. The largest absolute Gasteiger partial charge is 0.448 e. The van der Waals surface area contributed by atoms with Crippen LogP contribution in [-0.2, 0) is 4.74 Å². The van der Waals surface area contributed by atoms with Crippen molar-refractivity contribution < 1.29 is 18.3 Å². The van der Waals surface area contributed by atoms with Crippen molar-refractivity contribution in [1.29, 1.82) is 0 Å². The highest BCUT2D eigenvalue weighted by Gasteiger charge is 2.29. The Morgan fingerprint density at radius 2 is 2.04 bits per heavy atom. The van der Waals surface area contributed by atoms with Crippen LogP contribution >= 0.6 is 0 Å². The summed E-state index contributed by atoms with van der Waals surface area (Å²) < 4.78 is 24.6. The van der Waals surface area contributed by atoms with E-state index in [4.69, 9.17) is 9.15 Å². The number of halogens is 1. The highest BCUT2D eigenvalue weighted by Crippen LogP contribution is 2.34. The second-order valence-electron chi connectivity index (χ2n) is 6.47. The van der Waals surface area contributed by atoms with Gasteiger partial charge in [0, 0.05) is 39.3 Å². The lowest BCUT2D eigenvalue weighted by atomic mass is 10.0. The topological polar surface area (TPSA) is 58.8 Å². The van der Waals surface area contributed by atoms with Crippen LogP contribution in [-0.4, -0.2) is 44.2 Å². The first-order chi connectivity index (χ1) is 12.1. The molecule has 1 amide bonds. The number of benzene rings is 1. The van der Waals surface area contributed by atoms with Crippen molar-refractivity contribution in [1.82, 2.24) is 4.98 Å². The van der Waals surface area contributed by atoms with Crippen LogP contribution in [0.5, 0.6) is 0 Å². The lowest BCUT2D eigenvalue weighted by molar-refractivity contribution is 0.0794. The van der Waals surface area contributed by atoms with Crippen molar-refractivity contribution in [3.05, 3.63) is 41.9 Å². The molecule has 0 atom stereocenters. The number of aromatic nitrogens is 1. The number of ether oxygens (including phenoxy) is 1. The number of rotatable bonds is 2. The van der Waals surface area contributed by atoms with E-state index in [1.807, 2.05) is 11.9 Å². The van der Waals surface area contributed by atoms with Crippen molar-refractivity contribution in [2.75, 3.05) is 43.2 Å². The summed E-state index contributed by atoms with van der Waals surface area (Å²) in [5.74, 6) is 0.143. The number of amides is 1. The fourth-order valence-electron chi connectivity index (χ4n) is 3.39.